The van der Waals surface area contributed by atoms with Crippen molar-refractivity contribution in [1.82, 2.24) is 5.32 Å². The monoisotopic (exact) mass is 397 g/mol. The van der Waals surface area contributed by atoms with Gasteiger partial charge in [0.05, 0.1) is 23.9 Å². The molecule has 1 aromatic carbocycles. The first-order valence-electron chi connectivity index (χ1n) is 7.56. The molecular formula is C16H19N3O5S2. The van der Waals surface area contributed by atoms with Crippen LogP contribution in [0, 0.1) is 0 Å². The molecule has 0 aliphatic rings. The van der Waals surface area contributed by atoms with Crippen molar-refractivity contribution >= 4 is 44.5 Å². The number of carbonyl (C=O) groups is 2. The Balaban J connectivity index is 1.89. The van der Waals surface area contributed by atoms with E-state index in [0.717, 1.165) is 6.26 Å². The molecule has 0 saturated carbocycles. The summed E-state index contributed by atoms with van der Waals surface area (Å²) < 4.78 is 30.1. The zero-order valence-electron chi connectivity index (χ0n) is 14.2. The highest BCUT2D eigenvalue weighted by molar-refractivity contribution is 7.92. The number of benzene rings is 1. The summed E-state index contributed by atoms with van der Waals surface area (Å²) in [5, 5.41) is 7.14. The fourth-order valence-corrected chi connectivity index (χ4v) is 3.27. The molecule has 10 heteroatoms. The molecule has 0 radical (unpaired) electrons. The smallest absolute Gasteiger partial charge is 0.261 e. The summed E-state index contributed by atoms with van der Waals surface area (Å²) in [7, 11) is -2.04. The maximum absolute atomic E-state index is 12.0. The number of carbonyl (C=O) groups excluding carboxylic acids is 2. The second-order valence-electron chi connectivity index (χ2n) is 5.32. The maximum Gasteiger partial charge on any atom is 0.261 e. The Morgan fingerprint density at radius 1 is 1.23 bits per heavy atom. The molecule has 140 valence electrons. The van der Waals surface area contributed by atoms with Gasteiger partial charge in [0.25, 0.3) is 5.91 Å². The third-order valence-electron chi connectivity index (χ3n) is 3.16. The van der Waals surface area contributed by atoms with Crippen LogP contribution in [0.4, 0.5) is 11.4 Å². The zero-order valence-corrected chi connectivity index (χ0v) is 15.9. The molecule has 26 heavy (non-hydrogen) atoms. The Labute approximate surface area is 155 Å². The van der Waals surface area contributed by atoms with Crippen molar-refractivity contribution in [3.8, 4) is 5.75 Å². The number of ether oxygens (including phenoxy) is 1. The first-order valence-corrected chi connectivity index (χ1v) is 10.3. The normalized spacial score (nSPS) is 10.8. The molecule has 2 aromatic rings. The highest BCUT2D eigenvalue weighted by Crippen LogP contribution is 2.28. The van der Waals surface area contributed by atoms with Gasteiger partial charge in [0.2, 0.25) is 15.9 Å². The summed E-state index contributed by atoms with van der Waals surface area (Å²) >= 11 is 1.33. The number of amides is 2. The maximum atomic E-state index is 12.0. The lowest BCUT2D eigenvalue weighted by Crippen LogP contribution is -2.27. The molecule has 0 bridgehead atoms. The summed E-state index contributed by atoms with van der Waals surface area (Å²) in [5.41, 5.74) is 0.728. The van der Waals surface area contributed by atoms with Crippen LogP contribution in [0.3, 0.4) is 0 Å². The van der Waals surface area contributed by atoms with Gasteiger partial charge in [-0.25, -0.2) is 8.42 Å². The van der Waals surface area contributed by atoms with Crippen molar-refractivity contribution in [2.45, 2.75) is 6.42 Å². The zero-order chi connectivity index (χ0) is 19.2. The van der Waals surface area contributed by atoms with Crippen molar-refractivity contribution in [2.24, 2.45) is 0 Å². The molecule has 0 atom stereocenters. The Kier molecular flexibility index (Phi) is 6.58. The first-order chi connectivity index (χ1) is 12.3. The second kappa shape index (κ2) is 8.68. The number of sulfonamides is 1. The fourth-order valence-electron chi connectivity index (χ4n) is 2.06. The standard InChI is InChI=1S/C16H19N3O5S2/c1-24-13-10-11(5-6-12(13)19-26(2,22)23)18-15(20)7-8-17-16(21)14-4-3-9-25-14/h3-6,9-10,19H,7-8H2,1-2H3,(H,17,21)(H,18,20). The summed E-state index contributed by atoms with van der Waals surface area (Å²) in [6.45, 7) is 0.202. The molecule has 0 fully saturated rings. The van der Waals surface area contributed by atoms with E-state index in [4.69, 9.17) is 4.74 Å². The molecule has 1 aromatic heterocycles. The topological polar surface area (TPSA) is 114 Å². The molecule has 2 amide bonds. The van der Waals surface area contributed by atoms with Gasteiger partial charge in [-0.2, -0.15) is 0 Å². The van der Waals surface area contributed by atoms with Crippen LogP contribution in [-0.4, -0.2) is 40.1 Å². The molecule has 0 spiro atoms. The predicted octanol–water partition coefficient (Wildman–Crippen LogP) is 1.89. The Hall–Kier alpha value is -2.59. The molecule has 0 aliphatic heterocycles. The van der Waals surface area contributed by atoms with Gasteiger partial charge in [-0.3, -0.25) is 14.3 Å². The summed E-state index contributed by atoms with van der Waals surface area (Å²) in [6.07, 6.45) is 1.13. The lowest BCUT2D eigenvalue weighted by molar-refractivity contribution is -0.116. The van der Waals surface area contributed by atoms with E-state index < -0.39 is 10.0 Å². The van der Waals surface area contributed by atoms with E-state index in [1.807, 2.05) is 0 Å². The SMILES string of the molecule is COc1cc(NC(=O)CCNC(=O)c2cccs2)ccc1NS(C)(=O)=O. The van der Waals surface area contributed by atoms with Gasteiger partial charge < -0.3 is 15.4 Å². The number of thiophene rings is 1. The van der Waals surface area contributed by atoms with Crippen molar-refractivity contribution in [2.75, 3.05) is 29.9 Å². The third kappa shape index (κ3) is 6.05. The average molecular weight is 397 g/mol. The van der Waals surface area contributed by atoms with Crippen LogP contribution in [-0.2, 0) is 14.8 Å². The largest absolute Gasteiger partial charge is 0.494 e. The van der Waals surface area contributed by atoms with Gasteiger partial charge in [0.15, 0.2) is 0 Å². The lowest BCUT2D eigenvalue weighted by Gasteiger charge is -2.12. The molecular weight excluding hydrogens is 378 g/mol. The van der Waals surface area contributed by atoms with Gasteiger partial charge in [-0.1, -0.05) is 6.07 Å². The average Bonchev–Trinajstić information content (AvgIpc) is 3.09. The Morgan fingerprint density at radius 2 is 2.00 bits per heavy atom. The quantitative estimate of drug-likeness (QED) is 0.629. The molecule has 3 N–H and O–H groups in total. The molecule has 0 saturated heterocycles. The predicted molar refractivity (Wildman–Crippen MR) is 101 cm³/mol. The van der Waals surface area contributed by atoms with Gasteiger partial charge in [0.1, 0.15) is 5.75 Å². The van der Waals surface area contributed by atoms with E-state index in [-0.39, 0.29) is 36.2 Å². The third-order valence-corrected chi connectivity index (χ3v) is 4.62. The van der Waals surface area contributed by atoms with Crippen LogP contribution < -0.4 is 20.1 Å². The first kappa shape index (κ1) is 19.7. The van der Waals surface area contributed by atoms with Crippen molar-refractivity contribution in [1.29, 1.82) is 0 Å². The number of rotatable bonds is 8. The van der Waals surface area contributed by atoms with Gasteiger partial charge in [-0.15, -0.1) is 11.3 Å². The van der Waals surface area contributed by atoms with E-state index in [1.165, 1.54) is 30.6 Å². The number of hydrogen-bond donors (Lipinski definition) is 3. The lowest BCUT2D eigenvalue weighted by atomic mass is 10.2. The van der Waals surface area contributed by atoms with Crippen LogP contribution in [0.15, 0.2) is 35.7 Å². The fraction of sp³-hybridized carbons (Fsp3) is 0.250. The van der Waals surface area contributed by atoms with Crippen molar-refractivity contribution < 1.29 is 22.7 Å². The minimum Gasteiger partial charge on any atom is -0.494 e. The van der Waals surface area contributed by atoms with Gasteiger partial charge in [0, 0.05) is 24.7 Å². The summed E-state index contributed by atoms with van der Waals surface area (Å²) in [5.74, 6) is -0.229. The van der Waals surface area contributed by atoms with Crippen LogP contribution in [0.1, 0.15) is 16.1 Å². The van der Waals surface area contributed by atoms with Gasteiger partial charge in [-0.05, 0) is 23.6 Å². The van der Waals surface area contributed by atoms with Crippen molar-refractivity contribution in [3.63, 3.8) is 0 Å². The van der Waals surface area contributed by atoms with Crippen LogP contribution in [0.2, 0.25) is 0 Å². The number of nitrogens with one attached hydrogen (secondary N) is 3. The number of hydrogen-bond acceptors (Lipinski definition) is 6. The summed E-state index contributed by atoms with van der Waals surface area (Å²) in [4.78, 5) is 24.3. The molecule has 8 nitrogen and oxygen atoms in total. The Bertz CT molecular complexity index is 879. The molecule has 1 heterocycles. The van der Waals surface area contributed by atoms with E-state index in [0.29, 0.717) is 10.6 Å². The molecule has 0 aliphatic carbocycles. The second-order valence-corrected chi connectivity index (χ2v) is 8.02. The minimum absolute atomic E-state index is 0.1000. The van der Waals surface area contributed by atoms with Crippen LogP contribution in [0.5, 0.6) is 5.75 Å². The van der Waals surface area contributed by atoms with Crippen LogP contribution in [0.25, 0.3) is 0 Å². The van der Waals surface area contributed by atoms with E-state index >= 15 is 0 Å². The number of anilines is 2. The minimum atomic E-state index is -3.44. The number of methoxy groups -OCH3 is 1. The van der Waals surface area contributed by atoms with E-state index in [9.17, 15) is 18.0 Å². The Morgan fingerprint density at radius 3 is 2.62 bits per heavy atom. The van der Waals surface area contributed by atoms with Gasteiger partial charge >= 0.3 is 0 Å². The van der Waals surface area contributed by atoms with E-state index in [2.05, 4.69) is 15.4 Å². The molecule has 0 unspecified atom stereocenters. The van der Waals surface area contributed by atoms with Crippen LogP contribution >= 0.6 is 11.3 Å². The molecule has 2 rings (SSSR count). The van der Waals surface area contributed by atoms with Crippen molar-refractivity contribution in [3.05, 3.63) is 40.6 Å². The summed E-state index contributed by atoms with van der Waals surface area (Å²) in [6, 6.07) is 8.04. The van der Waals surface area contributed by atoms with E-state index in [1.54, 1.807) is 23.6 Å². The highest BCUT2D eigenvalue weighted by Gasteiger charge is 2.11. The highest BCUT2D eigenvalue weighted by atomic mass is 32.2.